The van der Waals surface area contributed by atoms with Gasteiger partial charge in [-0.25, -0.2) is 0 Å². The zero-order chi connectivity index (χ0) is 11.3. The molecule has 0 aromatic rings. The number of carbonyl (C=O) groups is 2. The van der Waals surface area contributed by atoms with Gasteiger partial charge in [0.2, 0.25) is 11.8 Å². The Balaban J connectivity index is 2.23. The van der Waals surface area contributed by atoms with Crippen molar-refractivity contribution in [2.45, 2.75) is 12.5 Å². The lowest BCUT2D eigenvalue weighted by Gasteiger charge is -2.12. The van der Waals surface area contributed by atoms with Crippen LogP contribution in [0.15, 0.2) is 0 Å². The molecule has 1 rings (SSSR count). The fraction of sp³-hybridized carbons (Fsp3) is 0.778. The minimum Gasteiger partial charge on any atom is -0.370 e. The van der Waals surface area contributed by atoms with Crippen LogP contribution in [0.5, 0.6) is 0 Å². The van der Waals surface area contributed by atoms with Crippen molar-refractivity contribution in [2.24, 2.45) is 5.73 Å². The highest BCUT2D eigenvalue weighted by Gasteiger charge is 2.29. The van der Waals surface area contributed by atoms with Crippen LogP contribution in [-0.2, 0) is 14.3 Å². The SMILES string of the molecule is CN1CCC(NC(=O)COCCN)C1=O. The molecule has 1 heterocycles. The first-order chi connectivity index (χ1) is 7.15. The minimum atomic E-state index is -0.385. The first-order valence-electron chi connectivity index (χ1n) is 4.97. The number of nitrogens with two attached hydrogens (primary N) is 1. The molecule has 3 N–H and O–H groups in total. The molecule has 86 valence electrons. The van der Waals surface area contributed by atoms with Gasteiger partial charge in [0, 0.05) is 20.1 Å². The van der Waals surface area contributed by atoms with E-state index >= 15 is 0 Å². The second-order valence-corrected chi connectivity index (χ2v) is 3.51. The Morgan fingerprint density at radius 3 is 3.00 bits per heavy atom. The number of carbonyl (C=O) groups excluding carboxylic acids is 2. The first kappa shape index (κ1) is 11.9. The highest BCUT2D eigenvalue weighted by molar-refractivity contribution is 5.89. The van der Waals surface area contributed by atoms with E-state index in [0.717, 1.165) is 0 Å². The number of hydrogen-bond donors (Lipinski definition) is 2. The van der Waals surface area contributed by atoms with Crippen LogP contribution in [0.1, 0.15) is 6.42 Å². The highest BCUT2D eigenvalue weighted by Crippen LogP contribution is 2.07. The van der Waals surface area contributed by atoms with Crippen molar-refractivity contribution in [3.63, 3.8) is 0 Å². The molecule has 1 aliphatic rings. The quantitative estimate of drug-likeness (QED) is 0.536. The van der Waals surface area contributed by atoms with E-state index in [4.69, 9.17) is 10.5 Å². The monoisotopic (exact) mass is 215 g/mol. The van der Waals surface area contributed by atoms with Crippen LogP contribution >= 0.6 is 0 Å². The summed E-state index contributed by atoms with van der Waals surface area (Å²) in [6.45, 7) is 1.39. The van der Waals surface area contributed by atoms with E-state index in [1.165, 1.54) is 0 Å². The molecule has 1 atom stereocenters. The lowest BCUT2D eigenvalue weighted by atomic mass is 10.2. The van der Waals surface area contributed by atoms with Crippen molar-refractivity contribution in [1.29, 1.82) is 0 Å². The van der Waals surface area contributed by atoms with Gasteiger partial charge in [-0.3, -0.25) is 9.59 Å². The second kappa shape index (κ2) is 5.67. The fourth-order valence-electron chi connectivity index (χ4n) is 1.44. The van der Waals surface area contributed by atoms with Gasteiger partial charge in [0.15, 0.2) is 0 Å². The van der Waals surface area contributed by atoms with Gasteiger partial charge in [-0.2, -0.15) is 0 Å². The molecular weight excluding hydrogens is 198 g/mol. The molecule has 0 radical (unpaired) electrons. The summed E-state index contributed by atoms with van der Waals surface area (Å²) in [6, 6.07) is -0.385. The molecule has 0 aromatic carbocycles. The number of nitrogens with one attached hydrogen (secondary N) is 1. The number of nitrogens with zero attached hydrogens (tertiary/aromatic N) is 1. The number of rotatable bonds is 5. The first-order valence-corrected chi connectivity index (χ1v) is 4.97. The van der Waals surface area contributed by atoms with Crippen LogP contribution in [-0.4, -0.2) is 56.1 Å². The largest absolute Gasteiger partial charge is 0.370 e. The Kier molecular flexibility index (Phi) is 4.51. The topological polar surface area (TPSA) is 84.7 Å². The lowest BCUT2D eigenvalue weighted by Crippen LogP contribution is -2.42. The normalized spacial score (nSPS) is 20.8. The maximum atomic E-state index is 11.4. The molecule has 1 aliphatic heterocycles. The van der Waals surface area contributed by atoms with Crippen LogP contribution in [0.4, 0.5) is 0 Å². The second-order valence-electron chi connectivity index (χ2n) is 3.51. The van der Waals surface area contributed by atoms with Crippen LogP contribution in [0.25, 0.3) is 0 Å². The van der Waals surface area contributed by atoms with E-state index in [0.29, 0.717) is 26.1 Å². The summed E-state index contributed by atoms with van der Waals surface area (Å²) in [4.78, 5) is 24.3. The van der Waals surface area contributed by atoms with Crippen molar-refractivity contribution < 1.29 is 14.3 Å². The maximum absolute atomic E-state index is 11.4. The van der Waals surface area contributed by atoms with E-state index < -0.39 is 0 Å². The molecule has 6 heteroatoms. The third-order valence-electron chi connectivity index (χ3n) is 2.26. The molecule has 1 saturated heterocycles. The third kappa shape index (κ3) is 3.49. The average molecular weight is 215 g/mol. The van der Waals surface area contributed by atoms with Gasteiger partial charge in [-0.05, 0) is 6.42 Å². The van der Waals surface area contributed by atoms with E-state index in [-0.39, 0.29) is 24.5 Å². The van der Waals surface area contributed by atoms with Crippen molar-refractivity contribution in [2.75, 3.05) is 33.4 Å². The van der Waals surface area contributed by atoms with E-state index in [2.05, 4.69) is 5.32 Å². The van der Waals surface area contributed by atoms with Crippen molar-refractivity contribution >= 4 is 11.8 Å². The van der Waals surface area contributed by atoms with Crippen LogP contribution in [0.2, 0.25) is 0 Å². The minimum absolute atomic E-state index is 0.0370. The van der Waals surface area contributed by atoms with Gasteiger partial charge >= 0.3 is 0 Å². The number of likely N-dealkylation sites (tertiary alicyclic amines) is 1. The molecule has 0 bridgehead atoms. The zero-order valence-corrected chi connectivity index (χ0v) is 8.86. The number of likely N-dealkylation sites (N-methyl/N-ethyl adjacent to an activating group) is 1. The van der Waals surface area contributed by atoms with E-state index in [1.54, 1.807) is 11.9 Å². The van der Waals surface area contributed by atoms with Crippen molar-refractivity contribution in [3.8, 4) is 0 Å². The van der Waals surface area contributed by atoms with Crippen LogP contribution < -0.4 is 11.1 Å². The molecule has 1 unspecified atom stereocenters. The summed E-state index contributed by atoms with van der Waals surface area (Å²) in [5.41, 5.74) is 5.20. The number of amides is 2. The Labute approximate surface area is 88.7 Å². The summed E-state index contributed by atoms with van der Waals surface area (Å²) in [6.07, 6.45) is 0.665. The summed E-state index contributed by atoms with van der Waals surface area (Å²) < 4.78 is 4.96. The van der Waals surface area contributed by atoms with Gasteiger partial charge in [0.05, 0.1) is 6.61 Å². The third-order valence-corrected chi connectivity index (χ3v) is 2.26. The Morgan fingerprint density at radius 2 is 2.47 bits per heavy atom. The predicted octanol–water partition coefficient (Wildman–Crippen LogP) is -1.69. The maximum Gasteiger partial charge on any atom is 0.246 e. The summed E-state index contributed by atoms with van der Waals surface area (Å²) >= 11 is 0. The fourth-order valence-corrected chi connectivity index (χ4v) is 1.44. The highest BCUT2D eigenvalue weighted by atomic mass is 16.5. The van der Waals surface area contributed by atoms with E-state index in [1.807, 2.05) is 0 Å². The summed E-state index contributed by atoms with van der Waals surface area (Å²) in [5.74, 6) is -0.306. The molecule has 1 fully saturated rings. The van der Waals surface area contributed by atoms with Crippen molar-refractivity contribution in [3.05, 3.63) is 0 Å². The van der Waals surface area contributed by atoms with Gasteiger partial charge in [0.1, 0.15) is 12.6 Å². The van der Waals surface area contributed by atoms with Gasteiger partial charge in [0.25, 0.3) is 0 Å². The summed E-state index contributed by atoms with van der Waals surface area (Å²) in [7, 11) is 1.72. The van der Waals surface area contributed by atoms with Gasteiger partial charge < -0.3 is 20.7 Å². The number of ether oxygens (including phenoxy) is 1. The van der Waals surface area contributed by atoms with Crippen LogP contribution in [0, 0.1) is 0 Å². The molecule has 2 amide bonds. The van der Waals surface area contributed by atoms with Gasteiger partial charge in [-0.15, -0.1) is 0 Å². The Bertz CT molecular complexity index is 245. The standard InChI is InChI=1S/C9H17N3O3/c1-12-4-2-7(9(12)14)11-8(13)6-15-5-3-10/h7H,2-6,10H2,1H3,(H,11,13). The molecule has 0 aromatic heterocycles. The molecule has 0 saturated carbocycles. The number of hydrogen-bond acceptors (Lipinski definition) is 4. The van der Waals surface area contributed by atoms with E-state index in [9.17, 15) is 9.59 Å². The van der Waals surface area contributed by atoms with Gasteiger partial charge in [-0.1, -0.05) is 0 Å². The molecule has 6 nitrogen and oxygen atoms in total. The molecule has 0 aliphatic carbocycles. The van der Waals surface area contributed by atoms with Crippen molar-refractivity contribution in [1.82, 2.24) is 10.2 Å². The Morgan fingerprint density at radius 1 is 1.73 bits per heavy atom. The van der Waals surface area contributed by atoms with Crippen LogP contribution in [0.3, 0.4) is 0 Å². The molecular formula is C9H17N3O3. The molecule has 0 spiro atoms. The lowest BCUT2D eigenvalue weighted by molar-refractivity contribution is -0.133. The smallest absolute Gasteiger partial charge is 0.246 e. The Hall–Kier alpha value is -1.14. The predicted molar refractivity (Wildman–Crippen MR) is 54.1 cm³/mol. The zero-order valence-electron chi connectivity index (χ0n) is 8.86. The molecule has 15 heavy (non-hydrogen) atoms. The average Bonchev–Trinajstić information content (AvgIpc) is 2.50. The summed E-state index contributed by atoms with van der Waals surface area (Å²) in [5, 5.41) is 2.62.